The first-order valence-electron chi connectivity index (χ1n) is 10.6. The molecule has 1 aliphatic rings. The van der Waals surface area contributed by atoms with Crippen molar-refractivity contribution in [1.29, 1.82) is 0 Å². The highest BCUT2D eigenvalue weighted by atomic mass is 35.5. The van der Waals surface area contributed by atoms with E-state index in [1.807, 2.05) is 54.6 Å². The van der Waals surface area contributed by atoms with Gasteiger partial charge in [0.1, 0.15) is 12.4 Å². The molecule has 0 atom stereocenters. The number of hydrogen-bond donors (Lipinski definition) is 1. The molecule has 2 aromatic carbocycles. The van der Waals surface area contributed by atoms with Crippen molar-refractivity contribution < 1.29 is 14.6 Å². The van der Waals surface area contributed by atoms with Crippen molar-refractivity contribution in [3.05, 3.63) is 72.0 Å². The van der Waals surface area contributed by atoms with E-state index in [4.69, 9.17) is 26.4 Å². The number of aromatic nitrogens is 2. The minimum Gasteiger partial charge on any atom is -0.480 e. The van der Waals surface area contributed by atoms with Gasteiger partial charge in [-0.2, -0.15) is 0 Å². The predicted octanol–water partition coefficient (Wildman–Crippen LogP) is 4.92. The van der Waals surface area contributed by atoms with Gasteiger partial charge in [0.15, 0.2) is 5.82 Å². The molecule has 4 rings (SSSR count). The van der Waals surface area contributed by atoms with Crippen LogP contribution in [0.25, 0.3) is 0 Å². The molecule has 0 unspecified atom stereocenters. The van der Waals surface area contributed by atoms with E-state index in [0.29, 0.717) is 17.5 Å². The topological polar surface area (TPSA) is 78.8 Å². The molecule has 1 aromatic heterocycles. The van der Waals surface area contributed by atoms with E-state index in [1.165, 1.54) is 0 Å². The van der Waals surface area contributed by atoms with Gasteiger partial charge < -0.3 is 14.7 Å². The summed E-state index contributed by atoms with van der Waals surface area (Å²) in [6.07, 6.45) is 5.39. The molecule has 1 saturated heterocycles. The van der Waals surface area contributed by atoms with Crippen LogP contribution >= 0.6 is 11.6 Å². The molecule has 8 heteroatoms. The number of aliphatic carboxylic acids is 1. The molecular formula is C24H25ClN4O3. The summed E-state index contributed by atoms with van der Waals surface area (Å²) in [5.41, 5.74) is 1.93. The summed E-state index contributed by atoms with van der Waals surface area (Å²) in [5, 5.41) is 9.40. The first-order valence-corrected chi connectivity index (χ1v) is 11.0. The van der Waals surface area contributed by atoms with Crippen molar-refractivity contribution in [2.45, 2.75) is 12.8 Å². The summed E-state index contributed by atoms with van der Waals surface area (Å²) in [5.74, 6) is 0.972. The molecule has 32 heavy (non-hydrogen) atoms. The van der Waals surface area contributed by atoms with Crippen molar-refractivity contribution >= 4 is 40.6 Å². The fourth-order valence-corrected chi connectivity index (χ4v) is 3.95. The van der Waals surface area contributed by atoms with Crippen LogP contribution in [0.2, 0.25) is 5.02 Å². The lowest BCUT2D eigenvalue weighted by atomic mass is 9.98. The average molecular weight is 453 g/mol. The van der Waals surface area contributed by atoms with Crippen LogP contribution in [-0.4, -0.2) is 47.3 Å². The number of benzene rings is 2. The minimum absolute atomic E-state index is 0.242. The van der Waals surface area contributed by atoms with E-state index in [9.17, 15) is 4.79 Å². The fraction of sp³-hybridized carbons (Fsp3) is 0.292. The maximum absolute atomic E-state index is 10.6. The van der Waals surface area contributed by atoms with Crippen molar-refractivity contribution in [2.24, 2.45) is 5.92 Å². The van der Waals surface area contributed by atoms with Gasteiger partial charge in [0.25, 0.3) is 0 Å². The molecular weight excluding hydrogens is 428 g/mol. The third-order valence-electron chi connectivity index (χ3n) is 5.46. The summed E-state index contributed by atoms with van der Waals surface area (Å²) < 4.78 is 5.27. The Morgan fingerprint density at radius 2 is 1.75 bits per heavy atom. The Labute approximate surface area is 192 Å². The Hall–Kier alpha value is -3.16. The molecule has 1 fully saturated rings. The molecule has 166 valence electrons. The van der Waals surface area contributed by atoms with E-state index in [1.54, 1.807) is 12.4 Å². The summed E-state index contributed by atoms with van der Waals surface area (Å²) in [7, 11) is 0. The molecule has 3 aromatic rings. The minimum atomic E-state index is -0.932. The molecule has 0 spiro atoms. The van der Waals surface area contributed by atoms with Crippen LogP contribution in [0.4, 0.5) is 23.0 Å². The number of ether oxygens (including phenoxy) is 1. The van der Waals surface area contributed by atoms with Crippen molar-refractivity contribution in [3.8, 4) is 0 Å². The second-order valence-corrected chi connectivity index (χ2v) is 8.16. The molecule has 0 amide bonds. The molecule has 0 bridgehead atoms. The van der Waals surface area contributed by atoms with Crippen LogP contribution in [0.15, 0.2) is 67.0 Å². The van der Waals surface area contributed by atoms with Gasteiger partial charge in [0, 0.05) is 29.5 Å². The molecule has 1 N–H and O–H groups in total. The number of hydrogen-bond acceptors (Lipinski definition) is 6. The van der Waals surface area contributed by atoms with Crippen molar-refractivity contribution in [2.75, 3.05) is 36.1 Å². The maximum Gasteiger partial charge on any atom is 0.329 e. The van der Waals surface area contributed by atoms with Crippen LogP contribution in [-0.2, 0) is 9.53 Å². The quantitative estimate of drug-likeness (QED) is 0.519. The lowest BCUT2D eigenvalue weighted by Gasteiger charge is -2.33. The second kappa shape index (κ2) is 10.4. The van der Waals surface area contributed by atoms with Gasteiger partial charge in [0.2, 0.25) is 0 Å². The zero-order chi connectivity index (χ0) is 22.3. The molecule has 7 nitrogen and oxygen atoms in total. The summed E-state index contributed by atoms with van der Waals surface area (Å²) in [4.78, 5) is 24.3. The molecule has 0 radical (unpaired) electrons. The van der Waals surface area contributed by atoms with Gasteiger partial charge in [-0.3, -0.25) is 9.88 Å². The van der Waals surface area contributed by atoms with Gasteiger partial charge >= 0.3 is 5.97 Å². The zero-order valence-electron chi connectivity index (χ0n) is 17.6. The predicted molar refractivity (Wildman–Crippen MR) is 125 cm³/mol. The number of carboxylic acids is 1. The number of carbonyl (C=O) groups is 1. The third kappa shape index (κ3) is 5.55. The van der Waals surface area contributed by atoms with Crippen LogP contribution < -0.4 is 9.80 Å². The van der Waals surface area contributed by atoms with E-state index < -0.39 is 5.97 Å². The van der Waals surface area contributed by atoms with Gasteiger partial charge in [-0.1, -0.05) is 29.8 Å². The Morgan fingerprint density at radius 3 is 2.44 bits per heavy atom. The highest BCUT2D eigenvalue weighted by Crippen LogP contribution is 2.34. The number of nitrogens with zero attached hydrogens (tertiary/aromatic N) is 4. The maximum atomic E-state index is 10.6. The van der Waals surface area contributed by atoms with Gasteiger partial charge in [-0.15, -0.1) is 0 Å². The SMILES string of the molecule is O=C(O)COCC1CCN(c2cncc(N(c3ccccc3)c3ccc(Cl)cc3)n2)CC1. The average Bonchev–Trinajstić information content (AvgIpc) is 2.82. The third-order valence-corrected chi connectivity index (χ3v) is 5.71. The number of rotatable bonds is 8. The Kier molecular flexibility index (Phi) is 7.19. The highest BCUT2D eigenvalue weighted by molar-refractivity contribution is 6.30. The number of halogens is 1. The standard InChI is InChI=1S/C24H25ClN4O3/c25-19-6-8-21(9-7-19)29(20-4-2-1-3-5-20)23-15-26-14-22(27-23)28-12-10-18(11-13-28)16-32-17-24(30)31/h1-9,14-15,18H,10-13,16-17H2,(H,30,31). The monoisotopic (exact) mass is 452 g/mol. The Balaban J connectivity index is 1.52. The number of anilines is 4. The van der Waals surface area contributed by atoms with Gasteiger partial charge in [0.05, 0.1) is 19.0 Å². The van der Waals surface area contributed by atoms with Gasteiger partial charge in [-0.25, -0.2) is 9.78 Å². The van der Waals surface area contributed by atoms with Crippen molar-refractivity contribution in [3.63, 3.8) is 0 Å². The van der Waals surface area contributed by atoms with Crippen LogP contribution in [0, 0.1) is 5.92 Å². The number of piperidine rings is 1. The summed E-state index contributed by atoms with van der Waals surface area (Å²) in [6.45, 7) is 1.88. The normalized spacial score (nSPS) is 14.3. The Morgan fingerprint density at radius 1 is 1.06 bits per heavy atom. The highest BCUT2D eigenvalue weighted by Gasteiger charge is 2.22. The van der Waals surface area contributed by atoms with E-state index in [-0.39, 0.29) is 6.61 Å². The molecule has 0 aliphatic carbocycles. The van der Waals surface area contributed by atoms with Crippen LogP contribution in [0.3, 0.4) is 0 Å². The Bertz CT molecular complexity index is 1020. The number of carboxylic acid groups (broad SMARTS) is 1. The smallest absolute Gasteiger partial charge is 0.329 e. The van der Waals surface area contributed by atoms with Crippen LogP contribution in [0.1, 0.15) is 12.8 Å². The van der Waals surface area contributed by atoms with E-state index >= 15 is 0 Å². The first kappa shape index (κ1) is 22.0. The number of para-hydroxylation sites is 1. The van der Waals surface area contributed by atoms with Crippen molar-refractivity contribution in [1.82, 2.24) is 9.97 Å². The lowest BCUT2D eigenvalue weighted by molar-refractivity contribution is -0.142. The van der Waals surface area contributed by atoms with Crippen LogP contribution in [0.5, 0.6) is 0 Å². The molecule has 1 aliphatic heterocycles. The largest absolute Gasteiger partial charge is 0.480 e. The summed E-state index contributed by atoms with van der Waals surface area (Å²) in [6, 6.07) is 17.7. The van der Waals surface area contributed by atoms with Gasteiger partial charge in [-0.05, 0) is 55.2 Å². The first-order chi connectivity index (χ1) is 15.6. The van der Waals surface area contributed by atoms with E-state index in [0.717, 1.165) is 48.9 Å². The molecule has 0 saturated carbocycles. The second-order valence-electron chi connectivity index (χ2n) is 7.72. The van der Waals surface area contributed by atoms with E-state index in [2.05, 4.69) is 14.8 Å². The summed E-state index contributed by atoms with van der Waals surface area (Å²) >= 11 is 6.10. The molecule has 2 heterocycles. The lowest BCUT2D eigenvalue weighted by Crippen LogP contribution is -2.36. The zero-order valence-corrected chi connectivity index (χ0v) is 18.4. The fourth-order valence-electron chi connectivity index (χ4n) is 3.83.